The molecule has 0 saturated carbocycles. The Morgan fingerprint density at radius 3 is 2.43 bits per heavy atom. The Labute approximate surface area is 163 Å². The van der Waals surface area contributed by atoms with Crippen LogP contribution in [0.1, 0.15) is 18.8 Å². The van der Waals surface area contributed by atoms with Gasteiger partial charge < -0.3 is 20.4 Å². The average Bonchev–Trinajstić information content (AvgIpc) is 3.23. The lowest BCUT2D eigenvalue weighted by atomic mass is 10.2. The van der Waals surface area contributed by atoms with E-state index in [4.69, 9.17) is 4.74 Å². The molecule has 0 radical (unpaired) electrons. The monoisotopic (exact) mass is 378 g/mol. The van der Waals surface area contributed by atoms with Gasteiger partial charge in [-0.1, -0.05) is 48.5 Å². The van der Waals surface area contributed by atoms with E-state index in [0.717, 1.165) is 11.3 Å². The van der Waals surface area contributed by atoms with Gasteiger partial charge in [-0.25, -0.2) is 4.98 Å². The minimum atomic E-state index is -0.365. The number of hydrogen-bond donors (Lipinski definition) is 3. The second-order valence-corrected chi connectivity index (χ2v) is 6.22. The molecule has 0 aliphatic rings. The van der Waals surface area contributed by atoms with Gasteiger partial charge in [0.05, 0.1) is 24.5 Å². The summed E-state index contributed by atoms with van der Waals surface area (Å²) in [4.78, 5) is 31.4. The van der Waals surface area contributed by atoms with Gasteiger partial charge in [-0.3, -0.25) is 9.59 Å². The number of amides is 2. The molecule has 3 aromatic rings. The third-order valence-corrected chi connectivity index (χ3v) is 4.03. The molecule has 3 rings (SSSR count). The predicted molar refractivity (Wildman–Crippen MR) is 106 cm³/mol. The highest BCUT2D eigenvalue weighted by atomic mass is 16.5. The van der Waals surface area contributed by atoms with Crippen molar-refractivity contribution in [3.05, 3.63) is 72.7 Å². The Morgan fingerprint density at radius 1 is 1.04 bits per heavy atom. The summed E-state index contributed by atoms with van der Waals surface area (Å²) in [5.41, 5.74) is 1.90. The number of carbonyl (C=O) groups is 2. The number of imidazole rings is 1. The maximum Gasteiger partial charge on any atom is 0.258 e. The fourth-order valence-corrected chi connectivity index (χ4v) is 2.58. The van der Waals surface area contributed by atoms with Crippen LogP contribution in [0, 0.1) is 0 Å². The zero-order valence-electron chi connectivity index (χ0n) is 15.5. The molecule has 7 heteroatoms. The Hall–Kier alpha value is -3.61. The smallest absolute Gasteiger partial charge is 0.258 e. The van der Waals surface area contributed by atoms with Crippen molar-refractivity contribution in [3.63, 3.8) is 0 Å². The summed E-state index contributed by atoms with van der Waals surface area (Å²) < 4.78 is 5.34. The summed E-state index contributed by atoms with van der Waals surface area (Å²) in [6.07, 6.45) is 1.73. The highest BCUT2D eigenvalue weighted by molar-refractivity contribution is 5.85. The van der Waals surface area contributed by atoms with Gasteiger partial charge in [0.15, 0.2) is 6.61 Å². The second-order valence-electron chi connectivity index (χ2n) is 6.22. The van der Waals surface area contributed by atoms with E-state index in [1.165, 1.54) is 0 Å². The number of nitrogens with zero attached hydrogens (tertiary/aromatic N) is 1. The van der Waals surface area contributed by atoms with Gasteiger partial charge in [-0.2, -0.15) is 0 Å². The van der Waals surface area contributed by atoms with Crippen LogP contribution in [0.25, 0.3) is 11.3 Å². The minimum Gasteiger partial charge on any atom is -0.484 e. The largest absolute Gasteiger partial charge is 0.484 e. The summed E-state index contributed by atoms with van der Waals surface area (Å²) in [7, 11) is 0. The zero-order valence-corrected chi connectivity index (χ0v) is 15.5. The summed E-state index contributed by atoms with van der Waals surface area (Å²) in [5, 5.41) is 5.34. The predicted octanol–water partition coefficient (Wildman–Crippen LogP) is 2.45. The summed E-state index contributed by atoms with van der Waals surface area (Å²) in [5.74, 6) is 0.572. The highest BCUT2D eigenvalue weighted by Crippen LogP contribution is 2.18. The van der Waals surface area contributed by atoms with E-state index in [0.29, 0.717) is 11.6 Å². The molecule has 3 N–H and O–H groups in total. The number of ether oxygens (including phenoxy) is 1. The maximum atomic E-state index is 12.1. The first-order chi connectivity index (χ1) is 13.6. The van der Waals surface area contributed by atoms with Crippen LogP contribution in [0.4, 0.5) is 0 Å². The lowest BCUT2D eigenvalue weighted by Crippen LogP contribution is -2.39. The Bertz CT molecular complexity index is 910. The molecule has 1 atom stereocenters. The molecule has 7 nitrogen and oxygen atoms in total. The molecule has 2 aromatic carbocycles. The second kappa shape index (κ2) is 9.36. The Balaban J connectivity index is 1.43. The van der Waals surface area contributed by atoms with Crippen molar-refractivity contribution in [2.45, 2.75) is 13.0 Å². The SMILES string of the molecule is CC(NC(=O)CNC(=O)COc1ccccc1)c1ncc(-c2ccccc2)[nH]1. The van der Waals surface area contributed by atoms with Crippen molar-refractivity contribution >= 4 is 11.8 Å². The van der Waals surface area contributed by atoms with Crippen LogP contribution in [0.3, 0.4) is 0 Å². The molecular formula is C21H22N4O3. The summed E-state index contributed by atoms with van der Waals surface area (Å²) in [6, 6.07) is 18.5. The van der Waals surface area contributed by atoms with Crippen LogP contribution >= 0.6 is 0 Å². The first kappa shape index (κ1) is 19.2. The van der Waals surface area contributed by atoms with E-state index >= 15 is 0 Å². The molecular weight excluding hydrogens is 356 g/mol. The van der Waals surface area contributed by atoms with E-state index in [1.807, 2.05) is 55.5 Å². The van der Waals surface area contributed by atoms with Crippen molar-refractivity contribution in [1.29, 1.82) is 0 Å². The quantitative estimate of drug-likeness (QED) is 0.561. The van der Waals surface area contributed by atoms with Crippen molar-refractivity contribution < 1.29 is 14.3 Å². The van der Waals surface area contributed by atoms with Gasteiger partial charge in [0.25, 0.3) is 5.91 Å². The van der Waals surface area contributed by atoms with E-state index < -0.39 is 0 Å². The number of carbonyl (C=O) groups excluding carboxylic acids is 2. The standard InChI is InChI=1S/C21H22N4O3/c1-15(21-23-12-18(25-21)16-8-4-2-5-9-16)24-19(26)13-22-20(27)14-28-17-10-6-3-7-11-17/h2-12,15H,13-14H2,1H3,(H,22,27)(H,23,25)(H,24,26). The number of para-hydroxylation sites is 1. The van der Waals surface area contributed by atoms with Crippen LogP contribution in [0.15, 0.2) is 66.9 Å². The van der Waals surface area contributed by atoms with Crippen LogP contribution in [0.5, 0.6) is 5.75 Å². The first-order valence-corrected chi connectivity index (χ1v) is 8.96. The van der Waals surface area contributed by atoms with Crippen molar-refractivity contribution in [2.24, 2.45) is 0 Å². The van der Waals surface area contributed by atoms with Gasteiger partial charge in [0.2, 0.25) is 5.91 Å². The van der Waals surface area contributed by atoms with Gasteiger partial charge in [0.1, 0.15) is 11.6 Å². The highest BCUT2D eigenvalue weighted by Gasteiger charge is 2.14. The number of benzene rings is 2. The minimum absolute atomic E-state index is 0.131. The zero-order chi connectivity index (χ0) is 19.8. The third kappa shape index (κ3) is 5.44. The van der Waals surface area contributed by atoms with Crippen LogP contribution in [-0.4, -0.2) is 34.9 Å². The fraction of sp³-hybridized carbons (Fsp3) is 0.190. The van der Waals surface area contributed by atoms with E-state index in [9.17, 15) is 9.59 Å². The van der Waals surface area contributed by atoms with Gasteiger partial charge in [-0.05, 0) is 24.6 Å². The third-order valence-electron chi connectivity index (χ3n) is 4.03. The average molecular weight is 378 g/mol. The maximum absolute atomic E-state index is 12.1. The molecule has 0 aliphatic carbocycles. The molecule has 2 amide bonds. The van der Waals surface area contributed by atoms with Crippen LogP contribution in [0.2, 0.25) is 0 Å². The van der Waals surface area contributed by atoms with Crippen molar-refractivity contribution in [1.82, 2.24) is 20.6 Å². The molecule has 0 bridgehead atoms. The van der Waals surface area contributed by atoms with Gasteiger partial charge in [-0.15, -0.1) is 0 Å². The lowest BCUT2D eigenvalue weighted by Gasteiger charge is -2.12. The molecule has 1 aromatic heterocycles. The molecule has 0 saturated heterocycles. The molecule has 0 fully saturated rings. The van der Waals surface area contributed by atoms with Gasteiger partial charge >= 0.3 is 0 Å². The Kier molecular flexibility index (Phi) is 6.41. The molecule has 1 unspecified atom stereocenters. The lowest BCUT2D eigenvalue weighted by molar-refractivity contribution is -0.127. The number of nitrogens with one attached hydrogen (secondary N) is 3. The van der Waals surface area contributed by atoms with E-state index in [1.54, 1.807) is 18.3 Å². The number of aromatic nitrogens is 2. The Morgan fingerprint density at radius 2 is 1.71 bits per heavy atom. The number of aromatic amines is 1. The molecule has 0 spiro atoms. The number of hydrogen-bond acceptors (Lipinski definition) is 4. The first-order valence-electron chi connectivity index (χ1n) is 8.96. The molecule has 144 valence electrons. The summed E-state index contributed by atoms with van der Waals surface area (Å²) in [6.45, 7) is 1.55. The van der Waals surface area contributed by atoms with E-state index in [2.05, 4.69) is 20.6 Å². The summed E-state index contributed by atoms with van der Waals surface area (Å²) >= 11 is 0. The fourth-order valence-electron chi connectivity index (χ4n) is 2.58. The number of rotatable bonds is 8. The van der Waals surface area contributed by atoms with Crippen molar-refractivity contribution in [3.8, 4) is 17.0 Å². The molecule has 1 heterocycles. The molecule has 28 heavy (non-hydrogen) atoms. The van der Waals surface area contributed by atoms with E-state index in [-0.39, 0.29) is 31.0 Å². The molecule has 0 aliphatic heterocycles. The normalized spacial score (nSPS) is 11.5. The van der Waals surface area contributed by atoms with Crippen LogP contribution < -0.4 is 15.4 Å². The topological polar surface area (TPSA) is 96.1 Å². The van der Waals surface area contributed by atoms with Crippen molar-refractivity contribution in [2.75, 3.05) is 13.2 Å². The van der Waals surface area contributed by atoms with Crippen LogP contribution in [-0.2, 0) is 9.59 Å². The number of H-pyrrole nitrogens is 1. The van der Waals surface area contributed by atoms with Gasteiger partial charge in [0, 0.05) is 0 Å².